The molecule has 0 radical (unpaired) electrons. The van der Waals surface area contributed by atoms with Gasteiger partial charge in [-0.25, -0.2) is 0 Å². The van der Waals surface area contributed by atoms with Crippen molar-refractivity contribution in [3.05, 3.63) is 42.1 Å². The number of hydrogen-bond acceptors (Lipinski definition) is 3. The van der Waals surface area contributed by atoms with Gasteiger partial charge in [0, 0.05) is 18.6 Å². The van der Waals surface area contributed by atoms with E-state index in [2.05, 4.69) is 4.98 Å². The largest absolute Gasteiger partial charge is 0.480 e. The third kappa shape index (κ3) is 2.29. The molecule has 0 atom stereocenters. The minimum atomic E-state index is -1.04. The molecule has 92 valence electrons. The SMILES string of the molecule is CN(CC(=O)O)C(=O)c1ccnc2ccccc12. The van der Waals surface area contributed by atoms with E-state index < -0.39 is 5.97 Å². The summed E-state index contributed by atoms with van der Waals surface area (Å²) < 4.78 is 0. The molecule has 0 fully saturated rings. The number of aromatic nitrogens is 1. The molecule has 0 aliphatic rings. The van der Waals surface area contributed by atoms with Gasteiger partial charge >= 0.3 is 5.97 Å². The molecule has 2 aromatic rings. The Labute approximate surface area is 104 Å². The number of para-hydroxylation sites is 1. The Morgan fingerprint density at radius 2 is 2.00 bits per heavy atom. The predicted octanol–water partition coefficient (Wildman–Crippen LogP) is 1.39. The number of carbonyl (C=O) groups is 2. The average molecular weight is 244 g/mol. The van der Waals surface area contributed by atoms with E-state index in [0.717, 1.165) is 5.39 Å². The van der Waals surface area contributed by atoms with E-state index in [-0.39, 0.29) is 12.5 Å². The molecule has 1 heterocycles. The molecule has 1 N–H and O–H groups in total. The number of carbonyl (C=O) groups excluding carboxylic acids is 1. The molecule has 1 aromatic carbocycles. The first-order valence-corrected chi connectivity index (χ1v) is 5.40. The number of hydrogen-bond donors (Lipinski definition) is 1. The van der Waals surface area contributed by atoms with Crippen molar-refractivity contribution in [1.82, 2.24) is 9.88 Å². The Kier molecular flexibility index (Phi) is 3.23. The van der Waals surface area contributed by atoms with Gasteiger partial charge in [-0.3, -0.25) is 14.6 Å². The van der Waals surface area contributed by atoms with E-state index in [1.807, 2.05) is 18.2 Å². The van der Waals surface area contributed by atoms with E-state index in [0.29, 0.717) is 11.1 Å². The fraction of sp³-hybridized carbons (Fsp3) is 0.154. The highest BCUT2D eigenvalue weighted by molar-refractivity contribution is 6.06. The predicted molar refractivity (Wildman–Crippen MR) is 66.3 cm³/mol. The third-order valence-electron chi connectivity index (χ3n) is 2.60. The summed E-state index contributed by atoms with van der Waals surface area (Å²) in [6.45, 7) is -0.324. The number of fused-ring (bicyclic) bond motifs is 1. The van der Waals surface area contributed by atoms with Gasteiger partial charge in [-0.2, -0.15) is 0 Å². The van der Waals surface area contributed by atoms with Crippen molar-refractivity contribution in [2.75, 3.05) is 13.6 Å². The van der Waals surface area contributed by atoms with E-state index in [1.54, 1.807) is 18.3 Å². The normalized spacial score (nSPS) is 10.3. The molecule has 0 unspecified atom stereocenters. The van der Waals surface area contributed by atoms with Crippen LogP contribution in [-0.4, -0.2) is 40.5 Å². The summed E-state index contributed by atoms with van der Waals surface area (Å²) in [5, 5.41) is 9.41. The monoisotopic (exact) mass is 244 g/mol. The van der Waals surface area contributed by atoms with Gasteiger partial charge in [0.25, 0.3) is 5.91 Å². The van der Waals surface area contributed by atoms with Crippen molar-refractivity contribution in [3.8, 4) is 0 Å². The van der Waals surface area contributed by atoms with Crippen molar-refractivity contribution in [2.45, 2.75) is 0 Å². The van der Waals surface area contributed by atoms with E-state index in [1.165, 1.54) is 11.9 Å². The smallest absolute Gasteiger partial charge is 0.323 e. The Morgan fingerprint density at radius 3 is 2.72 bits per heavy atom. The summed E-state index contributed by atoms with van der Waals surface area (Å²) in [6, 6.07) is 8.86. The highest BCUT2D eigenvalue weighted by Crippen LogP contribution is 2.17. The van der Waals surface area contributed by atoms with E-state index in [9.17, 15) is 9.59 Å². The van der Waals surface area contributed by atoms with Crippen LogP contribution in [0.3, 0.4) is 0 Å². The zero-order chi connectivity index (χ0) is 13.1. The van der Waals surface area contributed by atoms with Gasteiger partial charge in [-0.15, -0.1) is 0 Å². The Balaban J connectivity index is 2.42. The van der Waals surface area contributed by atoms with Crippen LogP contribution in [0.2, 0.25) is 0 Å². The lowest BCUT2D eigenvalue weighted by Crippen LogP contribution is -2.32. The van der Waals surface area contributed by atoms with Crippen molar-refractivity contribution in [1.29, 1.82) is 0 Å². The Morgan fingerprint density at radius 1 is 1.28 bits per heavy atom. The van der Waals surface area contributed by atoms with Crippen LogP contribution in [0.4, 0.5) is 0 Å². The number of pyridine rings is 1. The van der Waals surface area contributed by atoms with Crippen LogP contribution in [0, 0.1) is 0 Å². The van der Waals surface area contributed by atoms with Crippen LogP contribution in [0.25, 0.3) is 10.9 Å². The van der Waals surface area contributed by atoms with Gasteiger partial charge in [-0.05, 0) is 12.1 Å². The van der Waals surface area contributed by atoms with Crippen LogP contribution >= 0.6 is 0 Å². The quantitative estimate of drug-likeness (QED) is 0.885. The number of rotatable bonds is 3. The molecule has 0 saturated heterocycles. The first-order chi connectivity index (χ1) is 8.59. The maximum atomic E-state index is 12.1. The molecule has 0 saturated carbocycles. The van der Waals surface area contributed by atoms with Gasteiger partial charge < -0.3 is 10.0 Å². The molecule has 0 spiro atoms. The first kappa shape index (κ1) is 12.0. The van der Waals surface area contributed by atoms with Gasteiger partial charge in [0.05, 0.1) is 11.1 Å². The van der Waals surface area contributed by atoms with Crippen molar-refractivity contribution < 1.29 is 14.7 Å². The Bertz CT molecular complexity index is 605. The first-order valence-electron chi connectivity index (χ1n) is 5.40. The number of likely N-dealkylation sites (N-methyl/N-ethyl adjacent to an activating group) is 1. The second-order valence-corrected chi connectivity index (χ2v) is 3.93. The molecular formula is C13H12N2O3. The lowest BCUT2D eigenvalue weighted by molar-refractivity contribution is -0.137. The molecule has 2 rings (SSSR count). The molecule has 1 amide bonds. The van der Waals surface area contributed by atoms with Crippen LogP contribution in [-0.2, 0) is 4.79 Å². The summed E-state index contributed by atoms with van der Waals surface area (Å²) in [5.41, 5.74) is 1.18. The van der Waals surface area contributed by atoms with Gasteiger partial charge in [0.15, 0.2) is 0 Å². The summed E-state index contributed by atoms with van der Waals surface area (Å²) in [6.07, 6.45) is 1.55. The minimum absolute atomic E-state index is 0.323. The van der Waals surface area contributed by atoms with Crippen LogP contribution in [0.15, 0.2) is 36.5 Å². The molecule has 5 nitrogen and oxygen atoms in total. The summed E-state index contributed by atoms with van der Waals surface area (Å²) in [7, 11) is 1.46. The summed E-state index contributed by atoms with van der Waals surface area (Å²) in [4.78, 5) is 28.1. The fourth-order valence-electron chi connectivity index (χ4n) is 1.76. The van der Waals surface area contributed by atoms with Crippen LogP contribution in [0.1, 0.15) is 10.4 Å². The number of amides is 1. The zero-order valence-electron chi connectivity index (χ0n) is 9.83. The van der Waals surface area contributed by atoms with Crippen LogP contribution < -0.4 is 0 Å². The fourth-order valence-corrected chi connectivity index (χ4v) is 1.76. The molecular weight excluding hydrogens is 232 g/mol. The summed E-state index contributed by atoms with van der Waals surface area (Å²) >= 11 is 0. The zero-order valence-corrected chi connectivity index (χ0v) is 9.83. The highest BCUT2D eigenvalue weighted by Gasteiger charge is 2.16. The van der Waals surface area contributed by atoms with Crippen molar-refractivity contribution >= 4 is 22.8 Å². The number of carboxylic acids is 1. The maximum Gasteiger partial charge on any atom is 0.323 e. The van der Waals surface area contributed by atoms with Gasteiger partial charge in [0.2, 0.25) is 0 Å². The van der Waals surface area contributed by atoms with Crippen molar-refractivity contribution in [3.63, 3.8) is 0 Å². The lowest BCUT2D eigenvalue weighted by Gasteiger charge is -2.15. The second-order valence-electron chi connectivity index (χ2n) is 3.93. The number of aliphatic carboxylic acids is 1. The molecule has 5 heteroatoms. The number of carboxylic acid groups (broad SMARTS) is 1. The van der Waals surface area contributed by atoms with E-state index >= 15 is 0 Å². The maximum absolute atomic E-state index is 12.1. The standard InChI is InChI=1S/C13H12N2O3/c1-15(8-12(16)17)13(18)10-6-7-14-11-5-3-2-4-9(10)11/h2-7H,8H2,1H3,(H,16,17). The average Bonchev–Trinajstić information content (AvgIpc) is 2.36. The molecule has 1 aromatic heterocycles. The lowest BCUT2D eigenvalue weighted by atomic mass is 10.1. The molecule has 18 heavy (non-hydrogen) atoms. The molecule has 0 bridgehead atoms. The van der Waals surface area contributed by atoms with Gasteiger partial charge in [0.1, 0.15) is 6.54 Å². The second kappa shape index (κ2) is 4.83. The highest BCUT2D eigenvalue weighted by atomic mass is 16.4. The number of benzene rings is 1. The van der Waals surface area contributed by atoms with Crippen molar-refractivity contribution in [2.24, 2.45) is 0 Å². The van der Waals surface area contributed by atoms with Gasteiger partial charge in [-0.1, -0.05) is 18.2 Å². The van der Waals surface area contributed by atoms with E-state index in [4.69, 9.17) is 5.11 Å². The van der Waals surface area contributed by atoms with Crippen LogP contribution in [0.5, 0.6) is 0 Å². The number of nitrogens with zero attached hydrogens (tertiary/aromatic N) is 2. The third-order valence-corrected chi connectivity index (χ3v) is 2.60. The minimum Gasteiger partial charge on any atom is -0.480 e. The molecule has 0 aliphatic carbocycles. The topological polar surface area (TPSA) is 70.5 Å². The molecule has 0 aliphatic heterocycles. The summed E-state index contributed by atoms with van der Waals surface area (Å²) in [5.74, 6) is -1.36. The Hall–Kier alpha value is -2.43.